The Bertz CT molecular complexity index is 1010. The lowest BCUT2D eigenvalue weighted by Crippen LogP contribution is -2.61. The first-order valence-electron chi connectivity index (χ1n) is 12.0. The van der Waals surface area contributed by atoms with Gasteiger partial charge in [0.25, 0.3) is 0 Å². The van der Waals surface area contributed by atoms with Gasteiger partial charge in [-0.25, -0.2) is 9.18 Å². The van der Waals surface area contributed by atoms with Crippen molar-refractivity contribution in [3.63, 3.8) is 0 Å². The van der Waals surface area contributed by atoms with Crippen LogP contribution in [0.3, 0.4) is 0 Å². The quantitative estimate of drug-likeness (QED) is 0.528. The molecule has 190 valence electrons. The molecule has 1 aliphatic heterocycles. The zero-order valence-corrected chi connectivity index (χ0v) is 21.0. The molecule has 2 aromatic carbocycles. The molecule has 0 saturated carbocycles. The van der Waals surface area contributed by atoms with Crippen LogP contribution in [0.15, 0.2) is 54.6 Å². The fourth-order valence-corrected chi connectivity index (χ4v) is 4.79. The second-order valence-corrected chi connectivity index (χ2v) is 10.5. The zero-order valence-electron chi connectivity index (χ0n) is 21.0. The van der Waals surface area contributed by atoms with Gasteiger partial charge in [-0.2, -0.15) is 0 Å². The van der Waals surface area contributed by atoms with Gasteiger partial charge in [-0.05, 0) is 56.4 Å². The average molecular weight is 486 g/mol. The van der Waals surface area contributed by atoms with E-state index in [4.69, 9.17) is 0 Å². The van der Waals surface area contributed by atoms with Crippen molar-refractivity contribution >= 4 is 12.0 Å². The van der Waals surface area contributed by atoms with Crippen LogP contribution in [0.4, 0.5) is 9.18 Å². The normalized spacial score (nSPS) is 20.2. The number of benzene rings is 2. The van der Waals surface area contributed by atoms with Gasteiger partial charge in [0, 0.05) is 12.1 Å². The molecule has 1 heterocycles. The lowest BCUT2D eigenvalue weighted by molar-refractivity contribution is -0.134. The van der Waals surface area contributed by atoms with Gasteiger partial charge < -0.3 is 15.1 Å². The molecule has 0 spiro atoms. The maximum absolute atomic E-state index is 13.6. The lowest BCUT2D eigenvalue weighted by atomic mass is 9.91. The molecule has 3 N–H and O–H groups in total. The van der Waals surface area contributed by atoms with Crippen LogP contribution in [0.2, 0.25) is 0 Å². The van der Waals surface area contributed by atoms with Crippen molar-refractivity contribution in [1.29, 1.82) is 0 Å². The summed E-state index contributed by atoms with van der Waals surface area (Å²) in [7, 11) is 0. The molecule has 4 atom stereocenters. The predicted octanol–water partition coefficient (Wildman–Crippen LogP) is 3.86. The smallest absolute Gasteiger partial charge is 0.408 e. The van der Waals surface area contributed by atoms with Crippen LogP contribution in [0, 0.1) is 11.7 Å². The lowest BCUT2D eigenvalue weighted by Gasteiger charge is -2.42. The van der Waals surface area contributed by atoms with E-state index in [2.05, 4.69) is 5.32 Å². The number of nitrogens with one attached hydrogen (secondary N) is 1. The summed E-state index contributed by atoms with van der Waals surface area (Å²) in [4.78, 5) is 28.8. The molecular formula is C27H36FN3O4. The van der Waals surface area contributed by atoms with Gasteiger partial charge in [-0.1, -0.05) is 56.3 Å². The standard InChI is InChI=1S/C27H36FN3O4/c1-17(2)24-29-22(25(33)30(24)16-19-11-13-20(28)14-12-19)23(32)21(15-18-9-7-6-8-10-18)31(26(34)35)27(3,4)5/h6-14,17,21-24,29,32H,15-16H2,1-5H3,(H,34,35)/t21-,22-,23-,24?/m0/s1. The summed E-state index contributed by atoms with van der Waals surface area (Å²) in [6.07, 6.45) is -2.57. The Labute approximate surface area is 206 Å². The van der Waals surface area contributed by atoms with E-state index >= 15 is 0 Å². The number of carbonyl (C=O) groups is 2. The van der Waals surface area contributed by atoms with Gasteiger partial charge in [0.15, 0.2) is 0 Å². The van der Waals surface area contributed by atoms with Crippen LogP contribution in [0.5, 0.6) is 0 Å². The Morgan fingerprint density at radius 3 is 2.20 bits per heavy atom. The number of amides is 2. The summed E-state index contributed by atoms with van der Waals surface area (Å²) in [5.41, 5.74) is 0.824. The van der Waals surface area contributed by atoms with Gasteiger partial charge in [-0.15, -0.1) is 0 Å². The number of aliphatic hydroxyl groups is 1. The monoisotopic (exact) mass is 485 g/mol. The van der Waals surface area contributed by atoms with Crippen molar-refractivity contribution in [3.8, 4) is 0 Å². The van der Waals surface area contributed by atoms with E-state index in [0.29, 0.717) is 0 Å². The van der Waals surface area contributed by atoms with E-state index in [1.54, 1.807) is 37.8 Å². The predicted molar refractivity (Wildman–Crippen MR) is 132 cm³/mol. The maximum atomic E-state index is 13.6. The Kier molecular flexibility index (Phi) is 8.18. The van der Waals surface area contributed by atoms with Crippen LogP contribution in [-0.2, 0) is 17.8 Å². The second-order valence-electron chi connectivity index (χ2n) is 10.5. The van der Waals surface area contributed by atoms with Gasteiger partial charge >= 0.3 is 6.09 Å². The van der Waals surface area contributed by atoms with Gasteiger partial charge in [0.05, 0.1) is 18.3 Å². The summed E-state index contributed by atoms with van der Waals surface area (Å²) in [5, 5.41) is 24.9. The molecule has 1 unspecified atom stereocenters. The third-order valence-corrected chi connectivity index (χ3v) is 6.42. The molecule has 0 aromatic heterocycles. The highest BCUT2D eigenvalue weighted by Gasteiger charge is 2.48. The number of hydrogen-bond donors (Lipinski definition) is 3. The average Bonchev–Trinajstić information content (AvgIpc) is 3.10. The summed E-state index contributed by atoms with van der Waals surface area (Å²) in [6, 6.07) is 13.5. The Balaban J connectivity index is 1.94. The molecule has 0 radical (unpaired) electrons. The van der Waals surface area contributed by atoms with Crippen LogP contribution in [0.1, 0.15) is 45.7 Å². The highest BCUT2D eigenvalue weighted by atomic mass is 19.1. The molecule has 1 fully saturated rings. The number of carbonyl (C=O) groups excluding carboxylic acids is 1. The first kappa shape index (κ1) is 26.6. The largest absolute Gasteiger partial charge is 0.465 e. The topological polar surface area (TPSA) is 93.1 Å². The van der Waals surface area contributed by atoms with E-state index in [9.17, 15) is 24.2 Å². The van der Waals surface area contributed by atoms with Crippen molar-refractivity contribution < 1.29 is 24.2 Å². The summed E-state index contributed by atoms with van der Waals surface area (Å²) in [6.45, 7) is 9.51. The Morgan fingerprint density at radius 1 is 1.09 bits per heavy atom. The fourth-order valence-electron chi connectivity index (χ4n) is 4.79. The molecule has 3 rings (SSSR count). The Morgan fingerprint density at radius 2 is 1.69 bits per heavy atom. The van der Waals surface area contributed by atoms with Gasteiger partial charge in [0.1, 0.15) is 11.9 Å². The Hall–Kier alpha value is -2.97. The minimum absolute atomic E-state index is 0.0300. The molecule has 7 nitrogen and oxygen atoms in total. The molecule has 35 heavy (non-hydrogen) atoms. The summed E-state index contributed by atoms with van der Waals surface area (Å²) < 4.78 is 13.4. The molecule has 0 aliphatic carbocycles. The summed E-state index contributed by atoms with van der Waals surface area (Å²) in [5.74, 6) is -0.631. The maximum Gasteiger partial charge on any atom is 0.408 e. The number of hydrogen-bond acceptors (Lipinski definition) is 4. The van der Waals surface area contributed by atoms with Gasteiger partial charge in [0.2, 0.25) is 5.91 Å². The van der Waals surface area contributed by atoms with Crippen LogP contribution in [0.25, 0.3) is 0 Å². The van der Waals surface area contributed by atoms with Gasteiger partial charge in [-0.3, -0.25) is 15.0 Å². The first-order chi connectivity index (χ1) is 16.4. The molecule has 8 heteroatoms. The number of rotatable bonds is 8. The molecule has 1 saturated heterocycles. The van der Waals surface area contributed by atoms with E-state index in [1.165, 1.54) is 17.0 Å². The highest BCUT2D eigenvalue weighted by molar-refractivity contribution is 5.85. The van der Waals surface area contributed by atoms with Crippen molar-refractivity contribution in [3.05, 3.63) is 71.5 Å². The SMILES string of the molecule is CC(C)C1N[C@@H]([C@@H](O)[C@H](Cc2ccccc2)N(C(=O)O)C(C)(C)C)C(=O)N1Cc1ccc(F)cc1. The molecular weight excluding hydrogens is 449 g/mol. The minimum atomic E-state index is -1.29. The van der Waals surface area contributed by atoms with E-state index in [-0.39, 0.29) is 36.8 Å². The number of carboxylic acid groups (broad SMARTS) is 1. The zero-order chi connectivity index (χ0) is 25.9. The number of halogens is 1. The van der Waals surface area contributed by atoms with Crippen LogP contribution >= 0.6 is 0 Å². The molecule has 1 aliphatic rings. The van der Waals surface area contributed by atoms with Crippen molar-refractivity contribution in [2.45, 2.75) is 77.5 Å². The second kappa shape index (κ2) is 10.7. The van der Waals surface area contributed by atoms with Crippen LogP contribution in [-0.4, -0.2) is 61.9 Å². The van der Waals surface area contributed by atoms with E-state index in [0.717, 1.165) is 11.1 Å². The van der Waals surface area contributed by atoms with E-state index < -0.39 is 29.8 Å². The van der Waals surface area contributed by atoms with Crippen molar-refractivity contribution in [2.24, 2.45) is 5.92 Å². The first-order valence-corrected chi connectivity index (χ1v) is 12.0. The molecule has 0 bridgehead atoms. The number of nitrogens with zero attached hydrogens (tertiary/aromatic N) is 2. The molecule has 2 amide bonds. The fraction of sp³-hybridized carbons (Fsp3) is 0.481. The number of aliphatic hydroxyl groups excluding tert-OH is 1. The highest BCUT2D eigenvalue weighted by Crippen LogP contribution is 2.28. The summed E-state index contributed by atoms with van der Waals surface area (Å²) >= 11 is 0. The van der Waals surface area contributed by atoms with Crippen LogP contribution < -0.4 is 5.32 Å². The van der Waals surface area contributed by atoms with Crippen molar-refractivity contribution in [1.82, 2.24) is 15.1 Å². The van der Waals surface area contributed by atoms with E-state index in [1.807, 2.05) is 44.2 Å². The minimum Gasteiger partial charge on any atom is -0.465 e. The van der Waals surface area contributed by atoms with Crippen molar-refractivity contribution in [2.75, 3.05) is 0 Å². The third-order valence-electron chi connectivity index (χ3n) is 6.42. The third kappa shape index (κ3) is 6.18. The molecule has 2 aromatic rings.